The van der Waals surface area contributed by atoms with E-state index in [0.29, 0.717) is 0 Å². The Bertz CT molecular complexity index is 822. The third-order valence-electron chi connectivity index (χ3n) is 5.15. The van der Waals surface area contributed by atoms with Gasteiger partial charge in [-0.25, -0.2) is 0 Å². The summed E-state index contributed by atoms with van der Waals surface area (Å²) in [4.78, 5) is 0. The van der Waals surface area contributed by atoms with Gasteiger partial charge in [0.05, 0.1) is 6.61 Å². The van der Waals surface area contributed by atoms with Gasteiger partial charge in [0.25, 0.3) is 0 Å². The lowest BCUT2D eigenvalue weighted by molar-refractivity contribution is 0.304. The molecule has 0 amide bonds. The summed E-state index contributed by atoms with van der Waals surface area (Å²) < 4.78 is 5.85. The minimum absolute atomic E-state index is 0.795. The topological polar surface area (TPSA) is 9.23 Å². The van der Waals surface area contributed by atoms with Gasteiger partial charge in [0.15, 0.2) is 0 Å². The zero-order valence-electron chi connectivity index (χ0n) is 18.8. The Morgan fingerprint density at radius 2 is 1.07 bits per heavy atom. The monoisotopic (exact) mass is 400 g/mol. The number of unbranched alkanes of at least 4 members (excludes halogenated alkanes) is 9. The SMILES string of the molecule is CCCCCCCCCCCCOc1ccc(C#CC#Cc2ccc(C)cc2)cc1. The average Bonchev–Trinajstić information content (AvgIpc) is 2.77. The molecule has 158 valence electrons. The fourth-order valence-electron chi connectivity index (χ4n) is 3.26. The van der Waals surface area contributed by atoms with Crippen molar-refractivity contribution in [2.75, 3.05) is 6.61 Å². The molecule has 0 radical (unpaired) electrons. The highest BCUT2D eigenvalue weighted by molar-refractivity contribution is 5.45. The lowest BCUT2D eigenvalue weighted by Crippen LogP contribution is -1.97. The third-order valence-corrected chi connectivity index (χ3v) is 5.15. The number of ether oxygens (including phenoxy) is 1. The van der Waals surface area contributed by atoms with Crippen molar-refractivity contribution in [3.63, 3.8) is 0 Å². The van der Waals surface area contributed by atoms with Crippen LogP contribution in [-0.2, 0) is 0 Å². The van der Waals surface area contributed by atoms with Crippen LogP contribution in [0.15, 0.2) is 48.5 Å². The van der Waals surface area contributed by atoms with Crippen LogP contribution in [-0.4, -0.2) is 6.61 Å². The van der Waals surface area contributed by atoms with E-state index in [-0.39, 0.29) is 0 Å². The summed E-state index contributed by atoms with van der Waals surface area (Å²) in [7, 11) is 0. The maximum atomic E-state index is 5.85. The summed E-state index contributed by atoms with van der Waals surface area (Å²) in [5.41, 5.74) is 3.19. The van der Waals surface area contributed by atoms with Crippen molar-refractivity contribution in [1.29, 1.82) is 0 Å². The molecule has 2 aromatic rings. The van der Waals surface area contributed by atoms with E-state index in [9.17, 15) is 0 Å². The van der Waals surface area contributed by atoms with Gasteiger partial charge >= 0.3 is 0 Å². The van der Waals surface area contributed by atoms with Crippen LogP contribution in [0.5, 0.6) is 5.75 Å². The van der Waals surface area contributed by atoms with Crippen LogP contribution < -0.4 is 4.74 Å². The molecule has 0 aliphatic carbocycles. The molecule has 0 aliphatic heterocycles. The molecule has 0 heterocycles. The van der Waals surface area contributed by atoms with Crippen LogP contribution in [0.1, 0.15) is 87.8 Å². The van der Waals surface area contributed by atoms with Gasteiger partial charge < -0.3 is 4.74 Å². The smallest absolute Gasteiger partial charge is 0.119 e. The molecule has 0 aliphatic rings. The Kier molecular flexibility index (Phi) is 12.0. The Morgan fingerprint density at radius 1 is 0.600 bits per heavy atom. The molecule has 30 heavy (non-hydrogen) atoms. The molecule has 0 atom stereocenters. The molecule has 0 saturated heterocycles. The van der Waals surface area contributed by atoms with Crippen LogP contribution in [0.3, 0.4) is 0 Å². The van der Waals surface area contributed by atoms with Gasteiger partial charge in [-0.1, -0.05) is 94.2 Å². The van der Waals surface area contributed by atoms with Gasteiger partial charge in [0.2, 0.25) is 0 Å². The van der Waals surface area contributed by atoms with E-state index in [1.54, 1.807) is 0 Å². The fourth-order valence-corrected chi connectivity index (χ4v) is 3.26. The van der Waals surface area contributed by atoms with Crippen LogP contribution in [0.4, 0.5) is 0 Å². The van der Waals surface area contributed by atoms with Crippen molar-refractivity contribution in [3.8, 4) is 29.4 Å². The van der Waals surface area contributed by atoms with Crippen LogP contribution in [0.2, 0.25) is 0 Å². The van der Waals surface area contributed by atoms with Crippen molar-refractivity contribution in [2.24, 2.45) is 0 Å². The first-order chi connectivity index (χ1) is 14.8. The first kappa shape index (κ1) is 23.6. The zero-order chi connectivity index (χ0) is 21.3. The van der Waals surface area contributed by atoms with Gasteiger partial charge in [-0.2, -0.15) is 0 Å². The Hall–Kier alpha value is -2.64. The largest absolute Gasteiger partial charge is 0.494 e. The predicted molar refractivity (Wildman–Crippen MR) is 129 cm³/mol. The van der Waals surface area contributed by atoms with E-state index in [0.717, 1.165) is 29.9 Å². The molecular formula is C29H36O. The first-order valence-corrected chi connectivity index (χ1v) is 11.6. The van der Waals surface area contributed by atoms with Crippen molar-refractivity contribution in [3.05, 3.63) is 65.2 Å². The van der Waals surface area contributed by atoms with Crippen LogP contribution in [0.25, 0.3) is 0 Å². The summed E-state index contributed by atoms with van der Waals surface area (Å²) in [6.07, 6.45) is 13.4. The second-order valence-electron chi connectivity index (χ2n) is 7.92. The molecule has 0 bridgehead atoms. The molecule has 0 saturated carbocycles. The number of rotatable bonds is 12. The molecule has 0 fully saturated rings. The summed E-state index contributed by atoms with van der Waals surface area (Å²) in [5.74, 6) is 12.9. The van der Waals surface area contributed by atoms with E-state index < -0.39 is 0 Å². The molecular weight excluding hydrogens is 364 g/mol. The highest BCUT2D eigenvalue weighted by Crippen LogP contribution is 2.14. The number of benzene rings is 2. The molecule has 0 spiro atoms. The van der Waals surface area contributed by atoms with E-state index in [2.05, 4.69) is 49.7 Å². The molecule has 2 rings (SSSR count). The lowest BCUT2D eigenvalue weighted by atomic mass is 10.1. The van der Waals surface area contributed by atoms with Crippen molar-refractivity contribution in [1.82, 2.24) is 0 Å². The minimum atomic E-state index is 0.795. The van der Waals surface area contributed by atoms with Gasteiger partial charge in [-0.15, -0.1) is 0 Å². The van der Waals surface area contributed by atoms with Crippen molar-refractivity contribution < 1.29 is 4.74 Å². The van der Waals surface area contributed by atoms with Crippen LogP contribution >= 0.6 is 0 Å². The third kappa shape index (κ3) is 10.8. The van der Waals surface area contributed by atoms with E-state index in [4.69, 9.17) is 4.74 Å². The van der Waals surface area contributed by atoms with E-state index in [1.807, 2.05) is 36.4 Å². The van der Waals surface area contributed by atoms with Gasteiger partial charge in [-0.3, -0.25) is 0 Å². The molecule has 0 aromatic heterocycles. The Morgan fingerprint density at radius 3 is 1.60 bits per heavy atom. The number of hydrogen-bond donors (Lipinski definition) is 0. The van der Waals surface area contributed by atoms with E-state index >= 15 is 0 Å². The Labute approximate surface area is 184 Å². The highest BCUT2D eigenvalue weighted by atomic mass is 16.5. The molecule has 1 heteroatoms. The maximum Gasteiger partial charge on any atom is 0.119 e. The van der Waals surface area contributed by atoms with E-state index in [1.165, 1.54) is 63.4 Å². The number of aryl methyl sites for hydroxylation is 1. The van der Waals surface area contributed by atoms with Crippen molar-refractivity contribution >= 4 is 0 Å². The molecule has 2 aromatic carbocycles. The first-order valence-electron chi connectivity index (χ1n) is 11.6. The highest BCUT2D eigenvalue weighted by Gasteiger charge is 1.96. The second-order valence-corrected chi connectivity index (χ2v) is 7.92. The normalized spacial score (nSPS) is 9.93. The van der Waals surface area contributed by atoms with Gasteiger partial charge in [0, 0.05) is 11.1 Å². The Balaban J connectivity index is 1.58. The van der Waals surface area contributed by atoms with Crippen LogP contribution in [0, 0.1) is 30.6 Å². The van der Waals surface area contributed by atoms with Gasteiger partial charge in [0.1, 0.15) is 5.75 Å². The lowest BCUT2D eigenvalue weighted by Gasteiger charge is -2.06. The molecule has 1 nitrogen and oxygen atoms in total. The summed E-state index contributed by atoms with van der Waals surface area (Å²) in [6.45, 7) is 5.14. The zero-order valence-corrected chi connectivity index (χ0v) is 18.8. The fraction of sp³-hybridized carbons (Fsp3) is 0.448. The summed E-state index contributed by atoms with van der Waals surface area (Å²) >= 11 is 0. The minimum Gasteiger partial charge on any atom is -0.494 e. The summed E-state index contributed by atoms with van der Waals surface area (Å²) in [5, 5.41) is 0. The standard InChI is InChI=1S/C29H36O/c1-3-4-5-6-7-8-9-10-11-14-25-30-29-23-21-28(22-24-29)16-13-12-15-27-19-17-26(2)18-20-27/h17-24H,3-11,14,25H2,1-2H3. The summed E-state index contributed by atoms with van der Waals surface area (Å²) in [6, 6.07) is 16.1. The van der Waals surface area contributed by atoms with Gasteiger partial charge in [-0.05, 0) is 61.6 Å². The average molecular weight is 401 g/mol. The number of hydrogen-bond acceptors (Lipinski definition) is 1. The molecule has 0 unspecified atom stereocenters. The second kappa shape index (κ2) is 15.2. The maximum absolute atomic E-state index is 5.85. The molecule has 0 N–H and O–H groups in total. The predicted octanol–water partition coefficient (Wildman–Crippen LogP) is 7.70. The van der Waals surface area contributed by atoms with Crippen molar-refractivity contribution in [2.45, 2.75) is 78.1 Å². The quantitative estimate of drug-likeness (QED) is 0.262.